The zero-order chi connectivity index (χ0) is 11.5. The lowest BCUT2D eigenvalue weighted by atomic mass is 10.2. The van der Waals surface area contributed by atoms with E-state index in [9.17, 15) is 4.79 Å². The molecule has 0 radical (unpaired) electrons. The van der Waals surface area contributed by atoms with Crippen LogP contribution in [0, 0.1) is 6.92 Å². The SMILES string of the molecule is CCCn1nncc1C(=O)c1ccc(C)s1. The smallest absolute Gasteiger partial charge is 0.222 e. The summed E-state index contributed by atoms with van der Waals surface area (Å²) in [5.74, 6) is 0.0107. The molecule has 0 saturated heterocycles. The number of aryl methyl sites for hydroxylation is 2. The molecule has 0 aliphatic rings. The van der Waals surface area contributed by atoms with Crippen LogP contribution in [0.5, 0.6) is 0 Å². The van der Waals surface area contributed by atoms with Crippen molar-refractivity contribution in [1.82, 2.24) is 15.0 Å². The minimum Gasteiger partial charge on any atom is -0.286 e. The van der Waals surface area contributed by atoms with Gasteiger partial charge in [0.2, 0.25) is 5.78 Å². The molecule has 0 aliphatic carbocycles. The van der Waals surface area contributed by atoms with Gasteiger partial charge in [-0.25, -0.2) is 4.68 Å². The molecule has 0 aliphatic heterocycles. The van der Waals surface area contributed by atoms with Gasteiger partial charge >= 0.3 is 0 Å². The Bertz CT molecular complexity index is 501. The predicted molar refractivity (Wildman–Crippen MR) is 62.8 cm³/mol. The molecule has 2 heterocycles. The summed E-state index contributed by atoms with van der Waals surface area (Å²) < 4.78 is 1.66. The molecule has 84 valence electrons. The van der Waals surface area contributed by atoms with E-state index in [2.05, 4.69) is 10.3 Å². The van der Waals surface area contributed by atoms with Gasteiger partial charge in [0.25, 0.3) is 0 Å². The largest absolute Gasteiger partial charge is 0.286 e. The molecule has 2 aromatic rings. The summed E-state index contributed by atoms with van der Waals surface area (Å²) in [5, 5.41) is 7.70. The van der Waals surface area contributed by atoms with Gasteiger partial charge in [-0.05, 0) is 25.5 Å². The highest BCUT2D eigenvalue weighted by Gasteiger charge is 2.16. The van der Waals surface area contributed by atoms with E-state index in [1.165, 1.54) is 17.5 Å². The van der Waals surface area contributed by atoms with E-state index >= 15 is 0 Å². The molecule has 0 fully saturated rings. The van der Waals surface area contributed by atoms with Crippen LogP contribution in [0.25, 0.3) is 0 Å². The fourth-order valence-corrected chi connectivity index (χ4v) is 2.31. The van der Waals surface area contributed by atoms with Crippen molar-refractivity contribution < 1.29 is 4.79 Å². The molecular weight excluding hydrogens is 222 g/mol. The van der Waals surface area contributed by atoms with Crippen molar-refractivity contribution in [3.63, 3.8) is 0 Å². The molecule has 0 aromatic carbocycles. The van der Waals surface area contributed by atoms with Crippen molar-refractivity contribution in [3.05, 3.63) is 33.8 Å². The predicted octanol–water partition coefficient (Wildman–Crippen LogP) is 2.29. The molecule has 0 saturated carbocycles. The number of hydrogen-bond acceptors (Lipinski definition) is 4. The zero-order valence-electron chi connectivity index (χ0n) is 9.30. The van der Waals surface area contributed by atoms with Crippen molar-refractivity contribution in [3.8, 4) is 0 Å². The Morgan fingerprint density at radius 1 is 1.50 bits per heavy atom. The van der Waals surface area contributed by atoms with Crippen LogP contribution in [-0.4, -0.2) is 20.8 Å². The van der Waals surface area contributed by atoms with Crippen LogP contribution in [0.3, 0.4) is 0 Å². The first-order valence-electron chi connectivity index (χ1n) is 5.22. The lowest BCUT2D eigenvalue weighted by Gasteiger charge is -2.01. The molecule has 16 heavy (non-hydrogen) atoms. The van der Waals surface area contributed by atoms with Crippen LogP contribution in [0.4, 0.5) is 0 Å². The molecule has 2 rings (SSSR count). The number of carbonyl (C=O) groups excluding carboxylic acids is 1. The average molecular weight is 235 g/mol. The van der Waals surface area contributed by atoms with E-state index in [-0.39, 0.29) is 5.78 Å². The Morgan fingerprint density at radius 2 is 2.31 bits per heavy atom. The van der Waals surface area contributed by atoms with E-state index in [1.54, 1.807) is 4.68 Å². The zero-order valence-corrected chi connectivity index (χ0v) is 10.1. The van der Waals surface area contributed by atoms with Crippen molar-refractivity contribution in [1.29, 1.82) is 0 Å². The van der Waals surface area contributed by atoms with Crippen LogP contribution in [0.2, 0.25) is 0 Å². The van der Waals surface area contributed by atoms with E-state index in [4.69, 9.17) is 0 Å². The minimum absolute atomic E-state index is 0.0107. The summed E-state index contributed by atoms with van der Waals surface area (Å²) in [6, 6.07) is 3.80. The van der Waals surface area contributed by atoms with E-state index in [1.807, 2.05) is 26.0 Å². The van der Waals surface area contributed by atoms with Crippen LogP contribution >= 0.6 is 11.3 Å². The number of aromatic nitrogens is 3. The maximum Gasteiger partial charge on any atom is 0.222 e. The highest BCUT2D eigenvalue weighted by Crippen LogP contribution is 2.18. The fourth-order valence-electron chi connectivity index (χ4n) is 1.49. The monoisotopic (exact) mass is 235 g/mol. The highest BCUT2D eigenvalue weighted by molar-refractivity contribution is 7.14. The van der Waals surface area contributed by atoms with Gasteiger partial charge in [0, 0.05) is 11.4 Å². The first-order chi connectivity index (χ1) is 7.72. The lowest BCUT2D eigenvalue weighted by molar-refractivity contribution is 0.103. The second kappa shape index (κ2) is 4.57. The Balaban J connectivity index is 2.30. The van der Waals surface area contributed by atoms with Crippen LogP contribution in [0.1, 0.15) is 33.6 Å². The molecule has 0 atom stereocenters. The van der Waals surface area contributed by atoms with E-state index in [0.29, 0.717) is 5.69 Å². The third-order valence-electron chi connectivity index (χ3n) is 2.25. The number of thiophene rings is 1. The lowest BCUT2D eigenvalue weighted by Crippen LogP contribution is -2.10. The molecule has 4 nitrogen and oxygen atoms in total. The maximum atomic E-state index is 12.1. The highest BCUT2D eigenvalue weighted by atomic mass is 32.1. The molecule has 2 aromatic heterocycles. The molecule has 0 bridgehead atoms. The van der Waals surface area contributed by atoms with Gasteiger partial charge in [-0.15, -0.1) is 16.4 Å². The molecule has 0 unspecified atom stereocenters. The van der Waals surface area contributed by atoms with Crippen molar-refractivity contribution >= 4 is 17.1 Å². The molecule has 0 amide bonds. The van der Waals surface area contributed by atoms with Crippen molar-refractivity contribution in [2.45, 2.75) is 26.8 Å². The Morgan fingerprint density at radius 3 is 2.94 bits per heavy atom. The van der Waals surface area contributed by atoms with Gasteiger partial charge in [0.15, 0.2) is 0 Å². The Kier molecular flexibility index (Phi) is 3.14. The third kappa shape index (κ3) is 2.04. The van der Waals surface area contributed by atoms with Crippen LogP contribution < -0.4 is 0 Å². The summed E-state index contributed by atoms with van der Waals surface area (Å²) in [4.78, 5) is 14.0. The minimum atomic E-state index is 0.0107. The number of carbonyl (C=O) groups is 1. The first kappa shape index (κ1) is 11.0. The standard InChI is InChI=1S/C11H13N3OS/c1-3-6-14-9(7-12-13-14)11(15)10-5-4-8(2)16-10/h4-5,7H,3,6H2,1-2H3. The van der Waals surface area contributed by atoms with E-state index in [0.717, 1.165) is 22.7 Å². The topological polar surface area (TPSA) is 47.8 Å². The van der Waals surface area contributed by atoms with Gasteiger partial charge in [-0.2, -0.15) is 0 Å². The molecule has 0 spiro atoms. The second-order valence-corrected chi connectivity index (χ2v) is 4.87. The van der Waals surface area contributed by atoms with Gasteiger partial charge in [-0.1, -0.05) is 12.1 Å². The summed E-state index contributed by atoms with van der Waals surface area (Å²) in [7, 11) is 0. The van der Waals surface area contributed by atoms with Crippen LogP contribution in [-0.2, 0) is 6.54 Å². The Hall–Kier alpha value is -1.49. The van der Waals surface area contributed by atoms with Gasteiger partial charge in [0.1, 0.15) is 5.69 Å². The van der Waals surface area contributed by atoms with E-state index < -0.39 is 0 Å². The fraction of sp³-hybridized carbons (Fsp3) is 0.364. The van der Waals surface area contributed by atoms with Crippen molar-refractivity contribution in [2.75, 3.05) is 0 Å². The van der Waals surface area contributed by atoms with Crippen LogP contribution in [0.15, 0.2) is 18.3 Å². The quantitative estimate of drug-likeness (QED) is 0.764. The first-order valence-corrected chi connectivity index (χ1v) is 6.03. The molecule has 0 N–H and O–H groups in total. The average Bonchev–Trinajstić information content (AvgIpc) is 2.87. The number of rotatable bonds is 4. The summed E-state index contributed by atoms with van der Waals surface area (Å²) in [6.45, 7) is 4.76. The number of ketones is 1. The molecular formula is C11H13N3OS. The summed E-state index contributed by atoms with van der Waals surface area (Å²) in [6.07, 6.45) is 2.47. The van der Waals surface area contributed by atoms with Crippen molar-refractivity contribution in [2.24, 2.45) is 0 Å². The number of hydrogen-bond donors (Lipinski definition) is 0. The number of nitrogens with zero attached hydrogens (tertiary/aromatic N) is 3. The summed E-state index contributed by atoms with van der Waals surface area (Å²) >= 11 is 1.50. The third-order valence-corrected chi connectivity index (χ3v) is 3.25. The van der Waals surface area contributed by atoms with Gasteiger partial charge in [0.05, 0.1) is 11.1 Å². The molecule has 5 heteroatoms. The van der Waals surface area contributed by atoms with Gasteiger partial charge < -0.3 is 0 Å². The Labute approximate surface area is 97.9 Å². The van der Waals surface area contributed by atoms with Gasteiger partial charge in [-0.3, -0.25) is 4.79 Å². The maximum absolute atomic E-state index is 12.1. The second-order valence-electron chi connectivity index (χ2n) is 3.58. The summed E-state index contributed by atoms with van der Waals surface area (Å²) in [5.41, 5.74) is 0.573. The normalized spacial score (nSPS) is 10.6.